The Kier molecular flexibility index (Phi) is 7.13. The first-order chi connectivity index (χ1) is 22.3. The first-order valence-corrected chi connectivity index (χ1v) is 16.6. The maximum absolute atomic E-state index is 17.1. The van der Waals surface area contributed by atoms with E-state index in [4.69, 9.17) is 30.2 Å². The van der Waals surface area contributed by atoms with Crippen LogP contribution in [0.15, 0.2) is 24.3 Å². The summed E-state index contributed by atoms with van der Waals surface area (Å²) in [6.07, 6.45) is 2.73. The summed E-state index contributed by atoms with van der Waals surface area (Å²) in [5.41, 5.74) is 8.24. The van der Waals surface area contributed by atoms with Crippen LogP contribution in [-0.2, 0) is 6.42 Å². The van der Waals surface area contributed by atoms with Gasteiger partial charge in [0.25, 0.3) is 0 Å². The number of alkyl halides is 1. The van der Waals surface area contributed by atoms with Crippen molar-refractivity contribution < 1.29 is 18.3 Å². The maximum atomic E-state index is 17.1. The van der Waals surface area contributed by atoms with Crippen molar-refractivity contribution in [2.24, 2.45) is 0 Å². The Hall–Kier alpha value is -3.90. The van der Waals surface area contributed by atoms with Gasteiger partial charge in [0.2, 0.25) is 5.88 Å². The topological polar surface area (TPSA) is 115 Å². The molecule has 4 aliphatic heterocycles. The molecule has 3 saturated heterocycles. The summed E-state index contributed by atoms with van der Waals surface area (Å²) in [6.45, 7) is 9.04. The van der Waals surface area contributed by atoms with Gasteiger partial charge in [-0.3, -0.25) is 4.90 Å². The largest absolute Gasteiger partial charge is 0.472 e. The second kappa shape index (κ2) is 11.1. The number of benzene rings is 1. The zero-order valence-electron chi connectivity index (χ0n) is 26.5. The van der Waals surface area contributed by atoms with E-state index in [1.54, 1.807) is 6.07 Å². The van der Waals surface area contributed by atoms with Crippen LogP contribution < -0.4 is 25.4 Å². The molecule has 3 aromatic heterocycles. The predicted octanol–water partition coefficient (Wildman–Crippen LogP) is 4.82. The number of nitrogen functional groups attached to an aromatic ring is 1. The van der Waals surface area contributed by atoms with E-state index in [1.165, 1.54) is 0 Å². The number of nitrogens with two attached hydrogens (primary N) is 1. The van der Waals surface area contributed by atoms with E-state index in [1.807, 2.05) is 25.1 Å². The molecule has 46 heavy (non-hydrogen) atoms. The van der Waals surface area contributed by atoms with Gasteiger partial charge in [-0.15, -0.1) is 0 Å². The van der Waals surface area contributed by atoms with Crippen molar-refractivity contribution >= 4 is 33.4 Å². The van der Waals surface area contributed by atoms with Crippen LogP contribution in [0.5, 0.6) is 11.9 Å². The summed E-state index contributed by atoms with van der Waals surface area (Å²) in [5.74, 6) is 0.483. The fourth-order valence-electron chi connectivity index (χ4n) is 8.18. The van der Waals surface area contributed by atoms with Crippen LogP contribution >= 0.6 is 0 Å². The van der Waals surface area contributed by atoms with Crippen LogP contribution in [0.1, 0.15) is 52.0 Å². The van der Waals surface area contributed by atoms with Gasteiger partial charge in [-0.25, -0.2) is 18.7 Å². The highest BCUT2D eigenvalue weighted by Gasteiger charge is 2.49. The Morgan fingerprint density at radius 1 is 1.15 bits per heavy atom. The number of aromatic nitrogens is 4. The summed E-state index contributed by atoms with van der Waals surface area (Å²) in [7, 11) is 0. The smallest absolute Gasteiger partial charge is 0.319 e. The third kappa shape index (κ3) is 4.63. The molecular formula is C34H40F2N8O2. The lowest BCUT2D eigenvalue weighted by molar-refractivity contribution is 0.107. The van der Waals surface area contributed by atoms with Crippen LogP contribution in [0.25, 0.3) is 33.1 Å². The standard InChI is InChI=1S/C34H40F2N8O2/c1-4-19-8-6-9-23-26(19)22(12-25(37)39-23)29-28(36)30-27-31(44-16-21(5-2)38-14-24(44)18(3)46-32(27)40-29)42-33(41-30)45-17-34-10-7-11-43(34)15-20(35)13-34/h6,8-9,12,18,20-21,24,38H,4-5,7,10-11,13-17H2,1-3H3,(H2,37,39)/t18-,20+,21+,24-,34-/m0/s1. The molecule has 3 fully saturated rings. The minimum Gasteiger partial charge on any atom is -0.472 e. The Balaban J connectivity index is 1.33. The molecule has 0 radical (unpaired) electrons. The van der Waals surface area contributed by atoms with Crippen molar-refractivity contribution in [1.82, 2.24) is 30.2 Å². The molecule has 10 nitrogen and oxygen atoms in total. The highest BCUT2D eigenvalue weighted by molar-refractivity contribution is 6.02. The number of nitrogens with one attached hydrogen (secondary N) is 1. The second-order valence-corrected chi connectivity index (χ2v) is 13.3. The molecule has 0 aliphatic carbocycles. The number of fused-ring (bicyclic) bond motifs is 4. The molecule has 4 aromatic rings. The minimum atomic E-state index is -0.887. The van der Waals surface area contributed by atoms with Gasteiger partial charge in [0, 0.05) is 43.0 Å². The quantitative estimate of drug-likeness (QED) is 0.308. The van der Waals surface area contributed by atoms with Crippen LogP contribution in [0.3, 0.4) is 0 Å². The van der Waals surface area contributed by atoms with Gasteiger partial charge in [0.1, 0.15) is 47.1 Å². The normalized spacial score (nSPS) is 27.5. The van der Waals surface area contributed by atoms with E-state index in [9.17, 15) is 4.39 Å². The average molecular weight is 631 g/mol. The van der Waals surface area contributed by atoms with E-state index < -0.39 is 17.5 Å². The number of hydrogen-bond acceptors (Lipinski definition) is 10. The van der Waals surface area contributed by atoms with Gasteiger partial charge in [0.15, 0.2) is 5.82 Å². The number of halogens is 2. The van der Waals surface area contributed by atoms with Crippen molar-refractivity contribution in [2.75, 3.05) is 43.4 Å². The number of aryl methyl sites for hydroxylation is 1. The van der Waals surface area contributed by atoms with Gasteiger partial charge >= 0.3 is 6.01 Å². The van der Waals surface area contributed by atoms with Crippen LogP contribution in [-0.4, -0.2) is 87.5 Å². The number of rotatable bonds is 6. The van der Waals surface area contributed by atoms with Gasteiger partial charge in [-0.05, 0) is 56.8 Å². The molecule has 0 saturated carbocycles. The SMILES string of the molecule is CCc1cccc2nc(N)cc(-c3nc4c5c(nc(OC[C@@]67CCCN6C[C@H](F)C7)nc5c3F)N3C[C@@H](CC)NC[C@H]3[C@H](C)O4)c12. The second-order valence-electron chi connectivity index (χ2n) is 13.3. The highest BCUT2D eigenvalue weighted by atomic mass is 19.1. The molecule has 242 valence electrons. The predicted molar refractivity (Wildman–Crippen MR) is 174 cm³/mol. The molecule has 0 amide bonds. The first-order valence-electron chi connectivity index (χ1n) is 16.6. The molecule has 1 aromatic carbocycles. The van der Waals surface area contributed by atoms with E-state index >= 15 is 4.39 Å². The van der Waals surface area contributed by atoms with Gasteiger partial charge in [-0.2, -0.15) is 9.97 Å². The lowest BCUT2D eigenvalue weighted by atomic mass is 9.95. The fourth-order valence-corrected chi connectivity index (χ4v) is 8.18. The highest BCUT2D eigenvalue weighted by Crippen LogP contribution is 2.44. The van der Waals surface area contributed by atoms with Crippen molar-refractivity contribution in [3.63, 3.8) is 0 Å². The number of hydrogen-bond donors (Lipinski definition) is 2. The van der Waals surface area contributed by atoms with E-state index in [0.29, 0.717) is 48.3 Å². The van der Waals surface area contributed by atoms with E-state index in [0.717, 1.165) is 43.2 Å². The van der Waals surface area contributed by atoms with Crippen molar-refractivity contribution in [3.05, 3.63) is 35.6 Å². The van der Waals surface area contributed by atoms with Crippen LogP contribution in [0.4, 0.5) is 20.4 Å². The van der Waals surface area contributed by atoms with E-state index in [-0.39, 0.29) is 53.7 Å². The molecule has 8 rings (SSSR count). The Labute approximate surface area is 266 Å². The zero-order chi connectivity index (χ0) is 31.7. The van der Waals surface area contributed by atoms with Gasteiger partial charge in [-0.1, -0.05) is 26.0 Å². The Morgan fingerprint density at radius 3 is 2.85 bits per heavy atom. The molecule has 3 N–H and O–H groups in total. The minimum absolute atomic E-state index is 0.0706. The van der Waals surface area contributed by atoms with Gasteiger partial charge in [0.05, 0.1) is 17.1 Å². The summed E-state index contributed by atoms with van der Waals surface area (Å²) < 4.78 is 44.6. The third-order valence-electron chi connectivity index (χ3n) is 10.6. The fraction of sp³-hybridized carbons (Fsp3) is 0.529. The zero-order valence-corrected chi connectivity index (χ0v) is 26.5. The molecule has 0 spiro atoms. The summed E-state index contributed by atoms with van der Waals surface area (Å²) in [6, 6.07) is 7.70. The molecule has 7 heterocycles. The van der Waals surface area contributed by atoms with Crippen molar-refractivity contribution in [2.45, 2.75) is 82.8 Å². The van der Waals surface area contributed by atoms with E-state index in [2.05, 4.69) is 33.9 Å². The summed E-state index contributed by atoms with van der Waals surface area (Å²) in [4.78, 5) is 23.4. The number of anilines is 2. The number of pyridine rings is 2. The maximum Gasteiger partial charge on any atom is 0.319 e. The van der Waals surface area contributed by atoms with Crippen molar-refractivity contribution in [3.8, 4) is 23.1 Å². The molecule has 5 atom stereocenters. The average Bonchev–Trinajstić information content (AvgIpc) is 3.55. The Bertz CT molecular complexity index is 1840. The number of piperazine rings is 1. The Morgan fingerprint density at radius 2 is 2.02 bits per heavy atom. The number of nitrogens with zero attached hydrogens (tertiary/aromatic N) is 6. The first kappa shape index (κ1) is 29.5. The lowest BCUT2D eigenvalue weighted by Crippen LogP contribution is -2.60. The van der Waals surface area contributed by atoms with Crippen LogP contribution in [0.2, 0.25) is 0 Å². The summed E-state index contributed by atoms with van der Waals surface area (Å²) in [5, 5.41) is 4.84. The van der Waals surface area contributed by atoms with Crippen molar-refractivity contribution in [1.29, 1.82) is 0 Å². The molecular weight excluding hydrogens is 590 g/mol. The number of ether oxygens (including phenoxy) is 2. The lowest BCUT2D eigenvalue weighted by Gasteiger charge is -2.42. The molecule has 0 unspecified atom stereocenters. The molecule has 0 bridgehead atoms. The monoisotopic (exact) mass is 630 g/mol. The molecule has 12 heteroatoms. The summed E-state index contributed by atoms with van der Waals surface area (Å²) >= 11 is 0. The molecule has 4 aliphatic rings. The van der Waals surface area contributed by atoms with Crippen LogP contribution in [0, 0.1) is 5.82 Å². The van der Waals surface area contributed by atoms with Gasteiger partial charge < -0.3 is 25.4 Å². The third-order valence-corrected chi connectivity index (χ3v) is 10.6.